The van der Waals surface area contributed by atoms with E-state index in [0.29, 0.717) is 11.5 Å². The molecule has 2 aromatic carbocycles. The van der Waals surface area contributed by atoms with E-state index in [1.807, 2.05) is 30.3 Å². The maximum Gasteiger partial charge on any atom is 0.365 e. The van der Waals surface area contributed by atoms with Gasteiger partial charge in [0, 0.05) is 5.41 Å². The van der Waals surface area contributed by atoms with E-state index in [2.05, 4.69) is 38.1 Å². The number of carbonyl (C=O) groups excluding carboxylic acids is 1. The van der Waals surface area contributed by atoms with Gasteiger partial charge >= 0.3 is 5.97 Å². The summed E-state index contributed by atoms with van der Waals surface area (Å²) in [6.07, 6.45) is 3.33. The van der Waals surface area contributed by atoms with Crippen molar-refractivity contribution in [1.82, 2.24) is 0 Å². The Morgan fingerprint density at radius 2 is 1.65 bits per heavy atom. The van der Waals surface area contributed by atoms with Gasteiger partial charge in [0.2, 0.25) is 0 Å². The third-order valence-electron chi connectivity index (χ3n) is 6.98. The van der Waals surface area contributed by atoms with E-state index in [1.54, 1.807) is 12.1 Å². The standard InChI is InChI=1S/C23H25NO2/c1-22(2)19-13-14-23(22,3)20(15-19)24-26-21(25)18-11-9-17(10-12-18)16-7-5-4-6-8-16/h4-12,19H,13-15H2,1-3H3/b24-20-. The number of carbonyl (C=O) groups is 1. The molecular weight excluding hydrogens is 322 g/mol. The molecule has 4 rings (SSSR count). The van der Waals surface area contributed by atoms with Crippen molar-refractivity contribution in [2.75, 3.05) is 0 Å². The van der Waals surface area contributed by atoms with E-state index in [4.69, 9.17) is 4.84 Å². The first-order valence-corrected chi connectivity index (χ1v) is 9.36. The topological polar surface area (TPSA) is 38.7 Å². The lowest BCUT2D eigenvalue weighted by atomic mass is 9.70. The van der Waals surface area contributed by atoms with Crippen LogP contribution in [0.4, 0.5) is 0 Å². The second kappa shape index (κ2) is 6.08. The summed E-state index contributed by atoms with van der Waals surface area (Å²) in [6, 6.07) is 17.6. The second-order valence-electron chi connectivity index (χ2n) is 8.35. The number of nitrogens with zero attached hydrogens (tertiary/aromatic N) is 1. The number of fused-ring (bicyclic) bond motifs is 2. The summed E-state index contributed by atoms with van der Waals surface area (Å²) in [5.41, 5.74) is 4.07. The molecule has 26 heavy (non-hydrogen) atoms. The van der Waals surface area contributed by atoms with Crippen LogP contribution in [0.3, 0.4) is 0 Å². The van der Waals surface area contributed by atoms with Crippen LogP contribution in [-0.2, 0) is 4.84 Å². The third-order valence-corrected chi connectivity index (χ3v) is 6.98. The Hall–Kier alpha value is -2.42. The van der Waals surface area contributed by atoms with Gasteiger partial charge in [-0.3, -0.25) is 0 Å². The SMILES string of the molecule is CC12CCC(C/C1=N/OC(=O)c1ccc(-c3ccccc3)cc1)C2(C)C. The van der Waals surface area contributed by atoms with Gasteiger partial charge in [-0.1, -0.05) is 68.4 Å². The van der Waals surface area contributed by atoms with Crippen LogP contribution in [0.15, 0.2) is 59.8 Å². The minimum absolute atomic E-state index is 0.0507. The predicted octanol–water partition coefficient (Wildman–Crippen LogP) is 5.71. The molecule has 0 radical (unpaired) electrons. The van der Waals surface area contributed by atoms with Crippen LogP contribution in [-0.4, -0.2) is 11.7 Å². The average molecular weight is 347 g/mol. The highest BCUT2D eigenvalue weighted by molar-refractivity contribution is 5.95. The zero-order chi connectivity index (χ0) is 18.4. The second-order valence-corrected chi connectivity index (χ2v) is 8.35. The summed E-state index contributed by atoms with van der Waals surface area (Å²) >= 11 is 0. The first kappa shape index (κ1) is 17.0. The first-order chi connectivity index (χ1) is 12.4. The molecule has 3 heteroatoms. The number of rotatable bonds is 3. The van der Waals surface area contributed by atoms with Crippen molar-refractivity contribution in [1.29, 1.82) is 0 Å². The van der Waals surface area contributed by atoms with Crippen LogP contribution in [0.2, 0.25) is 0 Å². The van der Waals surface area contributed by atoms with E-state index in [0.717, 1.165) is 29.7 Å². The Balaban J connectivity index is 1.48. The molecule has 0 amide bonds. The molecule has 0 saturated heterocycles. The van der Waals surface area contributed by atoms with Gasteiger partial charge in [-0.05, 0) is 53.9 Å². The number of benzene rings is 2. The molecule has 2 aromatic rings. The van der Waals surface area contributed by atoms with Crippen molar-refractivity contribution in [3.8, 4) is 11.1 Å². The number of hydrogen-bond donors (Lipinski definition) is 0. The normalized spacial score (nSPS) is 27.7. The quantitative estimate of drug-likeness (QED) is 0.527. The van der Waals surface area contributed by atoms with E-state index >= 15 is 0 Å². The van der Waals surface area contributed by atoms with Gasteiger partial charge in [-0.2, -0.15) is 0 Å². The fourth-order valence-electron chi connectivity index (χ4n) is 4.65. The molecule has 3 nitrogen and oxygen atoms in total. The largest absolute Gasteiger partial charge is 0.365 e. The average Bonchev–Trinajstić information content (AvgIpc) is 3.00. The van der Waals surface area contributed by atoms with Crippen molar-refractivity contribution in [2.45, 2.75) is 40.0 Å². The van der Waals surface area contributed by atoms with Crippen molar-refractivity contribution >= 4 is 11.7 Å². The highest BCUT2D eigenvalue weighted by Crippen LogP contribution is 2.64. The molecule has 134 valence electrons. The first-order valence-electron chi connectivity index (χ1n) is 9.36. The molecule has 2 atom stereocenters. The molecule has 0 aromatic heterocycles. The maximum atomic E-state index is 12.4. The summed E-state index contributed by atoms with van der Waals surface area (Å²) in [5.74, 6) is 0.261. The fourth-order valence-corrected chi connectivity index (χ4v) is 4.65. The Labute approximate surface area is 155 Å². The maximum absolute atomic E-state index is 12.4. The molecule has 0 N–H and O–H groups in total. The van der Waals surface area contributed by atoms with E-state index in [1.165, 1.54) is 6.42 Å². The predicted molar refractivity (Wildman–Crippen MR) is 104 cm³/mol. The smallest absolute Gasteiger partial charge is 0.313 e. The Kier molecular flexibility index (Phi) is 3.98. The van der Waals surface area contributed by atoms with Gasteiger partial charge in [-0.15, -0.1) is 0 Å². The summed E-state index contributed by atoms with van der Waals surface area (Å²) in [5, 5.41) is 4.30. The minimum Gasteiger partial charge on any atom is -0.313 e. The van der Waals surface area contributed by atoms with Gasteiger partial charge in [0.25, 0.3) is 0 Å². The monoisotopic (exact) mass is 347 g/mol. The highest BCUT2D eigenvalue weighted by atomic mass is 16.7. The van der Waals surface area contributed by atoms with Crippen LogP contribution >= 0.6 is 0 Å². The summed E-state index contributed by atoms with van der Waals surface area (Å²) in [4.78, 5) is 17.7. The van der Waals surface area contributed by atoms with Crippen molar-refractivity contribution < 1.29 is 9.63 Å². The van der Waals surface area contributed by atoms with Crippen molar-refractivity contribution in [2.24, 2.45) is 21.9 Å². The van der Waals surface area contributed by atoms with Gasteiger partial charge < -0.3 is 4.84 Å². The summed E-state index contributed by atoms with van der Waals surface area (Å²) in [6.45, 7) is 6.90. The lowest BCUT2D eigenvalue weighted by molar-refractivity contribution is 0.0508. The van der Waals surface area contributed by atoms with Crippen molar-refractivity contribution in [3.63, 3.8) is 0 Å². The van der Waals surface area contributed by atoms with Crippen LogP contribution in [0.5, 0.6) is 0 Å². The molecule has 2 saturated carbocycles. The van der Waals surface area contributed by atoms with E-state index < -0.39 is 0 Å². The van der Waals surface area contributed by atoms with Crippen LogP contribution in [0.1, 0.15) is 50.4 Å². The molecule has 2 bridgehead atoms. The molecule has 0 heterocycles. The van der Waals surface area contributed by atoms with Crippen LogP contribution < -0.4 is 0 Å². The molecule has 2 aliphatic rings. The summed E-state index contributed by atoms with van der Waals surface area (Å²) in [7, 11) is 0. The fraction of sp³-hybridized carbons (Fsp3) is 0.391. The third kappa shape index (κ3) is 2.57. The zero-order valence-electron chi connectivity index (χ0n) is 15.7. The van der Waals surface area contributed by atoms with Crippen LogP contribution in [0, 0.1) is 16.7 Å². The molecule has 2 unspecified atom stereocenters. The lowest BCUT2D eigenvalue weighted by Gasteiger charge is -2.34. The summed E-state index contributed by atoms with van der Waals surface area (Å²) < 4.78 is 0. The van der Waals surface area contributed by atoms with Crippen LogP contribution in [0.25, 0.3) is 11.1 Å². The molecule has 0 aliphatic heterocycles. The number of hydrogen-bond acceptors (Lipinski definition) is 3. The molecule has 0 spiro atoms. The van der Waals surface area contributed by atoms with Gasteiger partial charge in [-0.25, -0.2) is 4.79 Å². The zero-order valence-corrected chi connectivity index (χ0v) is 15.7. The molecule has 2 aliphatic carbocycles. The Morgan fingerprint density at radius 3 is 2.23 bits per heavy atom. The molecule has 2 fully saturated rings. The molecular formula is C23H25NO2. The van der Waals surface area contributed by atoms with Crippen molar-refractivity contribution in [3.05, 3.63) is 60.2 Å². The van der Waals surface area contributed by atoms with E-state index in [9.17, 15) is 4.79 Å². The lowest BCUT2D eigenvalue weighted by Crippen LogP contribution is -2.32. The van der Waals surface area contributed by atoms with Gasteiger partial charge in [0.05, 0.1) is 11.3 Å². The van der Waals surface area contributed by atoms with E-state index in [-0.39, 0.29) is 16.8 Å². The number of oxime groups is 1. The minimum atomic E-state index is -0.388. The highest BCUT2D eigenvalue weighted by Gasteiger charge is 2.60. The van der Waals surface area contributed by atoms with Gasteiger partial charge in [0.1, 0.15) is 0 Å². The van der Waals surface area contributed by atoms with Gasteiger partial charge in [0.15, 0.2) is 0 Å². The Morgan fingerprint density at radius 1 is 1.00 bits per heavy atom. The Bertz CT molecular complexity index is 852.